The van der Waals surface area contributed by atoms with E-state index in [1.54, 1.807) is 0 Å². The average molecular weight is 293 g/mol. The van der Waals surface area contributed by atoms with Gasteiger partial charge >= 0.3 is 5.97 Å². The quantitative estimate of drug-likeness (QED) is 0.604. The van der Waals surface area contributed by atoms with Crippen LogP contribution in [0, 0.1) is 0 Å². The number of benzene rings is 1. The lowest BCUT2D eigenvalue weighted by Crippen LogP contribution is -2.26. The molecule has 1 aliphatic heterocycles. The van der Waals surface area contributed by atoms with Crippen molar-refractivity contribution >= 4 is 11.9 Å². The lowest BCUT2D eigenvalue weighted by Gasteiger charge is -2.07. The first kappa shape index (κ1) is 15.5. The Hall–Kier alpha value is -1.92. The minimum atomic E-state index is -0.895. The van der Waals surface area contributed by atoms with Crippen molar-refractivity contribution in [1.82, 2.24) is 4.90 Å². The van der Waals surface area contributed by atoms with Crippen LogP contribution in [0.3, 0.4) is 0 Å². The first-order valence-corrected chi connectivity index (χ1v) is 6.72. The van der Waals surface area contributed by atoms with Gasteiger partial charge in [0.15, 0.2) is 6.04 Å². The SMILES string of the molecule is COC[C@@H](O)[C@H]1[C@@H](C(=O)OCc2ccccc2)N1C(C)=O. The Kier molecular flexibility index (Phi) is 4.93. The van der Waals surface area contributed by atoms with E-state index in [1.807, 2.05) is 30.3 Å². The van der Waals surface area contributed by atoms with Crippen LogP contribution in [0.4, 0.5) is 0 Å². The summed E-state index contributed by atoms with van der Waals surface area (Å²) in [7, 11) is 1.45. The molecule has 21 heavy (non-hydrogen) atoms. The molecular formula is C15H19NO5. The van der Waals surface area contributed by atoms with E-state index in [0.717, 1.165) is 5.56 Å². The zero-order valence-electron chi connectivity index (χ0n) is 12.1. The molecule has 6 heteroatoms. The first-order valence-electron chi connectivity index (χ1n) is 6.72. The number of carbonyl (C=O) groups excluding carboxylic acids is 2. The number of aliphatic hydroxyl groups is 1. The number of amides is 1. The van der Waals surface area contributed by atoms with Crippen LogP contribution in [0.15, 0.2) is 30.3 Å². The van der Waals surface area contributed by atoms with Crippen molar-refractivity contribution < 1.29 is 24.2 Å². The second kappa shape index (κ2) is 6.69. The standard InChI is InChI=1S/C15H19NO5/c1-10(17)16-13(12(18)9-20-2)14(16)15(19)21-8-11-6-4-3-5-7-11/h3-7,12-14,18H,8-9H2,1-2H3/t12-,13+,14+,16?/m1/s1. The molecule has 114 valence electrons. The van der Waals surface area contributed by atoms with Crippen LogP contribution in [-0.2, 0) is 25.7 Å². The molecule has 0 aromatic heterocycles. The smallest absolute Gasteiger partial charge is 0.331 e. The van der Waals surface area contributed by atoms with E-state index in [2.05, 4.69) is 0 Å². The summed E-state index contributed by atoms with van der Waals surface area (Å²) in [5.74, 6) is -0.772. The number of methoxy groups -OCH3 is 1. The minimum Gasteiger partial charge on any atom is -0.459 e. The van der Waals surface area contributed by atoms with E-state index in [4.69, 9.17) is 9.47 Å². The van der Waals surface area contributed by atoms with Crippen LogP contribution in [0.25, 0.3) is 0 Å². The van der Waals surface area contributed by atoms with Gasteiger partial charge in [0.25, 0.3) is 0 Å². The molecule has 0 unspecified atom stereocenters. The predicted octanol–water partition coefficient (Wildman–Crippen LogP) is 0.336. The highest BCUT2D eigenvalue weighted by Crippen LogP contribution is 2.32. The summed E-state index contributed by atoms with van der Waals surface area (Å²) in [6.07, 6.45) is -0.895. The molecule has 0 spiro atoms. The van der Waals surface area contributed by atoms with Crippen molar-refractivity contribution in [2.24, 2.45) is 0 Å². The molecule has 3 atom stereocenters. The Labute approximate surface area is 123 Å². The first-order chi connectivity index (χ1) is 10.1. The predicted molar refractivity (Wildman–Crippen MR) is 74.2 cm³/mol. The lowest BCUT2D eigenvalue weighted by molar-refractivity contribution is -0.146. The number of rotatable bonds is 6. The molecule has 1 fully saturated rings. The Balaban J connectivity index is 1.93. The van der Waals surface area contributed by atoms with Gasteiger partial charge in [-0.3, -0.25) is 4.79 Å². The fourth-order valence-electron chi connectivity index (χ4n) is 2.39. The van der Waals surface area contributed by atoms with Gasteiger partial charge in [0.1, 0.15) is 12.7 Å². The van der Waals surface area contributed by atoms with Gasteiger partial charge in [-0.15, -0.1) is 0 Å². The molecule has 1 aliphatic rings. The van der Waals surface area contributed by atoms with Gasteiger partial charge in [-0.2, -0.15) is 0 Å². The zero-order valence-corrected chi connectivity index (χ0v) is 12.1. The molecule has 0 aliphatic carbocycles. The molecule has 1 amide bonds. The van der Waals surface area contributed by atoms with Gasteiger partial charge in [-0.1, -0.05) is 30.3 Å². The molecule has 1 N–H and O–H groups in total. The molecule has 1 saturated heterocycles. The third-order valence-corrected chi connectivity index (χ3v) is 3.42. The maximum atomic E-state index is 12.0. The lowest BCUT2D eigenvalue weighted by atomic mass is 10.2. The van der Waals surface area contributed by atoms with Gasteiger partial charge < -0.3 is 19.5 Å². The largest absolute Gasteiger partial charge is 0.459 e. The molecule has 2 rings (SSSR count). The molecule has 1 heterocycles. The van der Waals surface area contributed by atoms with E-state index in [1.165, 1.54) is 18.9 Å². The highest BCUT2D eigenvalue weighted by atomic mass is 16.5. The molecule has 0 radical (unpaired) electrons. The van der Waals surface area contributed by atoms with Crippen LogP contribution >= 0.6 is 0 Å². The Morgan fingerprint density at radius 3 is 2.57 bits per heavy atom. The maximum Gasteiger partial charge on any atom is 0.331 e. The third kappa shape index (κ3) is 3.59. The molecule has 1 aromatic rings. The van der Waals surface area contributed by atoms with E-state index in [-0.39, 0.29) is 19.1 Å². The fraction of sp³-hybridized carbons (Fsp3) is 0.467. The Morgan fingerprint density at radius 1 is 1.33 bits per heavy atom. The number of ether oxygens (including phenoxy) is 2. The zero-order chi connectivity index (χ0) is 15.4. The van der Waals surface area contributed by atoms with E-state index in [9.17, 15) is 14.7 Å². The Bertz CT molecular complexity index is 504. The van der Waals surface area contributed by atoms with Gasteiger partial charge in [0.05, 0.1) is 12.6 Å². The summed E-state index contributed by atoms with van der Waals surface area (Å²) >= 11 is 0. The molecule has 6 nitrogen and oxygen atoms in total. The fourth-order valence-corrected chi connectivity index (χ4v) is 2.39. The van der Waals surface area contributed by atoms with Gasteiger partial charge in [-0.05, 0) is 5.56 Å². The highest BCUT2D eigenvalue weighted by Gasteiger charge is 2.58. The number of carbonyl (C=O) groups is 2. The monoisotopic (exact) mass is 293 g/mol. The number of nitrogens with zero attached hydrogens (tertiary/aromatic N) is 1. The molecule has 1 aromatic carbocycles. The number of aliphatic hydroxyl groups excluding tert-OH is 1. The molecule has 0 bridgehead atoms. The topological polar surface area (TPSA) is 75.8 Å². The van der Waals surface area contributed by atoms with Crippen molar-refractivity contribution in [3.05, 3.63) is 35.9 Å². The van der Waals surface area contributed by atoms with Crippen molar-refractivity contribution in [3.63, 3.8) is 0 Å². The summed E-state index contributed by atoms with van der Waals surface area (Å²) in [5, 5.41) is 9.89. The maximum absolute atomic E-state index is 12.0. The van der Waals surface area contributed by atoms with Gasteiger partial charge in [-0.25, -0.2) is 4.79 Å². The summed E-state index contributed by atoms with van der Waals surface area (Å²) in [6.45, 7) is 1.57. The van der Waals surface area contributed by atoms with Crippen LogP contribution in [-0.4, -0.2) is 53.8 Å². The van der Waals surface area contributed by atoms with Crippen LogP contribution in [0.2, 0.25) is 0 Å². The number of hydrogen-bond acceptors (Lipinski definition) is 5. The van der Waals surface area contributed by atoms with Crippen LogP contribution in [0.5, 0.6) is 0 Å². The number of esters is 1. The summed E-state index contributed by atoms with van der Waals surface area (Å²) < 4.78 is 10.1. The third-order valence-electron chi connectivity index (χ3n) is 3.42. The van der Waals surface area contributed by atoms with Gasteiger partial charge in [0.2, 0.25) is 5.91 Å². The van der Waals surface area contributed by atoms with Crippen molar-refractivity contribution in [1.29, 1.82) is 0 Å². The van der Waals surface area contributed by atoms with Crippen molar-refractivity contribution in [2.45, 2.75) is 31.7 Å². The van der Waals surface area contributed by atoms with E-state index < -0.39 is 24.2 Å². The highest BCUT2D eigenvalue weighted by molar-refractivity contribution is 5.90. The van der Waals surface area contributed by atoms with Crippen molar-refractivity contribution in [3.8, 4) is 0 Å². The summed E-state index contributed by atoms with van der Waals surface area (Å²) in [5.41, 5.74) is 0.870. The molecule has 0 saturated carbocycles. The molecular weight excluding hydrogens is 274 g/mol. The van der Waals surface area contributed by atoms with Crippen LogP contribution in [0.1, 0.15) is 12.5 Å². The van der Waals surface area contributed by atoms with Crippen molar-refractivity contribution in [2.75, 3.05) is 13.7 Å². The Morgan fingerprint density at radius 2 is 2.00 bits per heavy atom. The minimum absolute atomic E-state index is 0.0664. The van der Waals surface area contributed by atoms with Gasteiger partial charge in [0, 0.05) is 14.0 Å². The average Bonchev–Trinajstić information content (AvgIpc) is 3.22. The number of hydrogen-bond donors (Lipinski definition) is 1. The summed E-state index contributed by atoms with van der Waals surface area (Å²) in [4.78, 5) is 24.8. The second-order valence-electron chi connectivity index (χ2n) is 4.98. The normalized spacial score (nSPS) is 21.8. The van der Waals surface area contributed by atoms with E-state index >= 15 is 0 Å². The second-order valence-corrected chi connectivity index (χ2v) is 4.98. The summed E-state index contributed by atoms with van der Waals surface area (Å²) in [6, 6.07) is 7.99. The van der Waals surface area contributed by atoms with E-state index in [0.29, 0.717) is 0 Å². The van der Waals surface area contributed by atoms with Crippen LogP contribution < -0.4 is 0 Å².